The van der Waals surface area contributed by atoms with Gasteiger partial charge in [-0.2, -0.15) is 10.1 Å². The summed E-state index contributed by atoms with van der Waals surface area (Å²) in [5.74, 6) is 2.39. The first-order valence-electron chi connectivity index (χ1n) is 12.1. The van der Waals surface area contributed by atoms with Gasteiger partial charge < -0.3 is 15.5 Å². The molecule has 3 N–H and O–H groups in total. The number of pyridine rings is 1. The first-order chi connectivity index (χ1) is 17.3. The fourth-order valence-electron chi connectivity index (χ4n) is 4.49. The van der Waals surface area contributed by atoms with Gasteiger partial charge >= 0.3 is 0 Å². The van der Waals surface area contributed by atoms with Crippen LogP contribution in [0.2, 0.25) is 0 Å². The first kappa shape index (κ1) is 24.2. The van der Waals surface area contributed by atoms with Crippen LogP contribution < -0.4 is 15.5 Å². The van der Waals surface area contributed by atoms with Crippen LogP contribution in [-0.4, -0.2) is 64.9 Å². The van der Waals surface area contributed by atoms with Gasteiger partial charge in [-0.1, -0.05) is 0 Å². The van der Waals surface area contributed by atoms with Gasteiger partial charge in [0.2, 0.25) is 5.95 Å². The lowest BCUT2D eigenvalue weighted by atomic mass is 9.90. The van der Waals surface area contributed by atoms with Crippen molar-refractivity contribution in [3.8, 4) is 0 Å². The summed E-state index contributed by atoms with van der Waals surface area (Å²) in [4.78, 5) is 27.9. The first-order valence-corrected chi connectivity index (χ1v) is 14.0. The summed E-state index contributed by atoms with van der Waals surface area (Å²) in [6.45, 7) is 0. The minimum atomic E-state index is -3.35. The summed E-state index contributed by atoms with van der Waals surface area (Å²) < 4.78 is 23.2. The van der Waals surface area contributed by atoms with Crippen molar-refractivity contribution in [2.45, 2.75) is 61.4 Å². The van der Waals surface area contributed by atoms with Crippen LogP contribution in [-0.2, 0) is 9.84 Å². The topological polar surface area (TPSA) is 146 Å². The van der Waals surface area contributed by atoms with E-state index in [9.17, 15) is 13.2 Å². The summed E-state index contributed by atoms with van der Waals surface area (Å²) >= 11 is 0. The van der Waals surface area contributed by atoms with Gasteiger partial charge in [0, 0.05) is 55.5 Å². The number of hydrogen-bond acceptors (Lipinski definition) is 9. The number of amides is 1. The molecule has 0 unspecified atom stereocenters. The molecule has 0 saturated heterocycles. The molecule has 190 valence electrons. The van der Waals surface area contributed by atoms with Crippen LogP contribution in [0.1, 0.15) is 60.6 Å². The number of carbonyl (C=O) groups is 1. The zero-order valence-electron chi connectivity index (χ0n) is 20.3. The third-order valence-corrected chi connectivity index (χ3v) is 7.90. The fourth-order valence-corrected chi connectivity index (χ4v) is 5.05. The molecule has 0 spiro atoms. The van der Waals surface area contributed by atoms with Gasteiger partial charge in [0.25, 0.3) is 5.91 Å². The highest BCUT2D eigenvalue weighted by Gasteiger charge is 2.27. The molecule has 2 aliphatic carbocycles. The lowest BCUT2D eigenvalue weighted by molar-refractivity contribution is 0.0920. The van der Waals surface area contributed by atoms with Crippen LogP contribution in [0, 0.1) is 0 Å². The van der Waals surface area contributed by atoms with E-state index in [1.54, 1.807) is 6.20 Å². The number of carbonyl (C=O) groups excluding carboxylic acids is 1. The number of H-pyrrole nitrogens is 1. The van der Waals surface area contributed by atoms with E-state index in [0.717, 1.165) is 43.5 Å². The Hall–Kier alpha value is -3.54. The summed E-state index contributed by atoms with van der Waals surface area (Å²) in [7, 11) is -1.35. The van der Waals surface area contributed by atoms with Crippen LogP contribution >= 0.6 is 0 Å². The second-order valence-electron chi connectivity index (χ2n) is 9.59. The molecule has 3 aromatic heterocycles. The molecule has 0 atom stereocenters. The second kappa shape index (κ2) is 9.84. The molecule has 5 rings (SSSR count). The average Bonchev–Trinajstić information content (AvgIpc) is 3.62. The van der Waals surface area contributed by atoms with E-state index in [2.05, 4.69) is 40.7 Å². The number of sulfone groups is 1. The Labute approximate surface area is 210 Å². The van der Waals surface area contributed by atoms with E-state index >= 15 is 0 Å². The molecule has 36 heavy (non-hydrogen) atoms. The van der Waals surface area contributed by atoms with E-state index < -0.39 is 9.84 Å². The lowest BCUT2D eigenvalue weighted by Crippen LogP contribution is -2.43. The quantitative estimate of drug-likeness (QED) is 0.416. The molecule has 1 amide bonds. The summed E-state index contributed by atoms with van der Waals surface area (Å²) in [5.41, 5.74) is 1.37. The zero-order valence-corrected chi connectivity index (χ0v) is 21.1. The van der Waals surface area contributed by atoms with Crippen molar-refractivity contribution in [1.82, 2.24) is 30.5 Å². The van der Waals surface area contributed by atoms with E-state index in [-0.39, 0.29) is 28.6 Å². The molecule has 0 radical (unpaired) electrons. The van der Waals surface area contributed by atoms with E-state index in [0.29, 0.717) is 17.7 Å². The molecule has 2 saturated carbocycles. The Morgan fingerprint density at radius 1 is 1.06 bits per heavy atom. The van der Waals surface area contributed by atoms with Crippen LogP contribution in [0.15, 0.2) is 41.6 Å². The Morgan fingerprint density at radius 2 is 1.83 bits per heavy atom. The average molecular weight is 511 g/mol. The molecule has 0 aromatic carbocycles. The number of aromatic nitrogens is 5. The standard InChI is InChI=1S/C24H30N8O3S/c1-32(24-25-12-11-21(29-24)28-22-13-20(30-31-22)15-3-4-15)17-7-5-16(6-8-17)27-23(33)19-10-9-18(14-26-19)36(2,34)35/h9-17H,3-8H2,1-2H3,(H,27,33)(H2,25,28,29,30,31). The molecular weight excluding hydrogens is 480 g/mol. The summed E-state index contributed by atoms with van der Waals surface area (Å²) in [6.07, 6.45) is 9.90. The van der Waals surface area contributed by atoms with Gasteiger partial charge in [-0.3, -0.25) is 9.89 Å². The van der Waals surface area contributed by atoms with Crippen LogP contribution in [0.5, 0.6) is 0 Å². The Kier molecular flexibility index (Phi) is 6.61. The SMILES string of the molecule is CN(c1nccc(Nc2cc(C3CC3)[nH]n2)n1)C1CCC(NC(=O)c2ccc(S(C)(=O)=O)cn2)CC1. The Bertz CT molecular complexity index is 1330. The number of rotatable bonds is 8. The minimum absolute atomic E-state index is 0.0350. The molecule has 12 heteroatoms. The van der Waals surface area contributed by atoms with Gasteiger partial charge in [-0.25, -0.2) is 18.4 Å². The van der Waals surface area contributed by atoms with Crippen LogP contribution in [0.4, 0.5) is 17.6 Å². The van der Waals surface area contributed by atoms with Crippen molar-refractivity contribution < 1.29 is 13.2 Å². The van der Waals surface area contributed by atoms with E-state index in [1.807, 2.05) is 19.2 Å². The molecule has 3 aromatic rings. The molecule has 0 aliphatic heterocycles. The maximum absolute atomic E-state index is 12.6. The van der Waals surface area contributed by atoms with Gasteiger partial charge in [0.1, 0.15) is 11.5 Å². The zero-order chi connectivity index (χ0) is 25.3. The Balaban J connectivity index is 1.14. The van der Waals surface area contributed by atoms with Crippen molar-refractivity contribution >= 4 is 33.3 Å². The Morgan fingerprint density at radius 3 is 2.50 bits per heavy atom. The molecular formula is C24H30N8O3S. The van der Waals surface area contributed by atoms with Crippen molar-refractivity contribution in [2.75, 3.05) is 23.5 Å². The van der Waals surface area contributed by atoms with Crippen LogP contribution in [0.3, 0.4) is 0 Å². The van der Waals surface area contributed by atoms with E-state index in [4.69, 9.17) is 0 Å². The maximum atomic E-state index is 12.6. The molecule has 3 heterocycles. The largest absolute Gasteiger partial charge is 0.348 e. The van der Waals surface area contributed by atoms with Crippen molar-refractivity contribution in [3.63, 3.8) is 0 Å². The third-order valence-electron chi connectivity index (χ3n) is 6.81. The maximum Gasteiger partial charge on any atom is 0.270 e. The minimum Gasteiger partial charge on any atom is -0.348 e. The normalized spacial score (nSPS) is 20.1. The van der Waals surface area contributed by atoms with Crippen molar-refractivity contribution in [2.24, 2.45) is 0 Å². The van der Waals surface area contributed by atoms with Crippen molar-refractivity contribution in [1.29, 1.82) is 0 Å². The molecule has 0 bridgehead atoms. The van der Waals surface area contributed by atoms with Gasteiger partial charge in [-0.05, 0) is 56.7 Å². The molecule has 2 fully saturated rings. The van der Waals surface area contributed by atoms with Crippen molar-refractivity contribution in [3.05, 3.63) is 48.0 Å². The summed E-state index contributed by atoms with van der Waals surface area (Å²) in [6, 6.07) is 7.00. The number of anilines is 3. The highest BCUT2D eigenvalue weighted by atomic mass is 32.2. The number of aromatic amines is 1. The van der Waals surface area contributed by atoms with Gasteiger partial charge in [0.15, 0.2) is 15.7 Å². The second-order valence-corrected chi connectivity index (χ2v) is 11.6. The fraction of sp³-hybridized carbons (Fsp3) is 0.458. The predicted molar refractivity (Wildman–Crippen MR) is 135 cm³/mol. The number of nitrogens with zero attached hydrogens (tertiary/aromatic N) is 5. The highest BCUT2D eigenvalue weighted by molar-refractivity contribution is 7.90. The molecule has 2 aliphatic rings. The number of nitrogens with one attached hydrogen (secondary N) is 3. The van der Waals surface area contributed by atoms with Gasteiger partial charge in [-0.15, -0.1) is 0 Å². The van der Waals surface area contributed by atoms with E-state index in [1.165, 1.54) is 31.2 Å². The van der Waals surface area contributed by atoms with Gasteiger partial charge in [0.05, 0.1) is 4.90 Å². The number of hydrogen-bond donors (Lipinski definition) is 3. The summed E-state index contributed by atoms with van der Waals surface area (Å²) in [5, 5.41) is 13.7. The van der Waals surface area contributed by atoms with Crippen LogP contribution in [0.25, 0.3) is 0 Å². The third kappa shape index (κ3) is 5.64. The smallest absolute Gasteiger partial charge is 0.270 e. The lowest BCUT2D eigenvalue weighted by Gasteiger charge is -2.35. The molecule has 11 nitrogen and oxygen atoms in total. The highest BCUT2D eigenvalue weighted by Crippen LogP contribution is 2.39. The predicted octanol–water partition coefficient (Wildman–Crippen LogP) is 2.80. The monoisotopic (exact) mass is 510 g/mol.